The summed E-state index contributed by atoms with van der Waals surface area (Å²) in [5.41, 5.74) is 2.78. The molecular weight excluding hydrogens is 440 g/mol. The number of nitrogens with zero attached hydrogens (tertiary/aromatic N) is 4. The van der Waals surface area contributed by atoms with Gasteiger partial charge < -0.3 is 14.4 Å². The second kappa shape index (κ2) is 10.4. The molecular formula is C28H32N4O3. The van der Waals surface area contributed by atoms with Crippen LogP contribution in [0.5, 0.6) is 17.4 Å². The Kier molecular flexibility index (Phi) is 6.95. The number of carbonyl (C=O) groups is 1. The molecule has 3 heterocycles. The second-order valence-corrected chi connectivity index (χ2v) is 9.36. The van der Waals surface area contributed by atoms with Gasteiger partial charge in [0.05, 0.1) is 7.11 Å². The van der Waals surface area contributed by atoms with Crippen LogP contribution >= 0.6 is 0 Å². The average Bonchev–Trinajstić information content (AvgIpc) is 3.57. The van der Waals surface area contributed by atoms with E-state index in [-0.39, 0.29) is 11.8 Å². The Balaban J connectivity index is 1.28. The third-order valence-corrected chi connectivity index (χ3v) is 6.81. The molecule has 7 heteroatoms. The number of likely N-dealkylation sites (tertiary alicyclic amines) is 2. The predicted octanol–water partition coefficient (Wildman–Crippen LogP) is 4.81. The highest BCUT2D eigenvalue weighted by atomic mass is 16.5. The van der Waals surface area contributed by atoms with Crippen LogP contribution in [0.25, 0.3) is 0 Å². The Morgan fingerprint density at radius 1 is 1.00 bits per heavy atom. The lowest BCUT2D eigenvalue weighted by Gasteiger charge is -2.21. The van der Waals surface area contributed by atoms with E-state index in [4.69, 9.17) is 14.5 Å². The van der Waals surface area contributed by atoms with Crippen LogP contribution in [0.4, 0.5) is 0 Å². The maximum atomic E-state index is 13.5. The first-order valence-electron chi connectivity index (χ1n) is 12.4. The van der Waals surface area contributed by atoms with Gasteiger partial charge >= 0.3 is 0 Å². The highest BCUT2D eigenvalue weighted by molar-refractivity contribution is 5.96. The first kappa shape index (κ1) is 23.3. The van der Waals surface area contributed by atoms with E-state index in [0.29, 0.717) is 24.7 Å². The van der Waals surface area contributed by atoms with Crippen LogP contribution in [0.3, 0.4) is 0 Å². The fraction of sp³-hybridized carbons (Fsp3) is 0.393. The van der Waals surface area contributed by atoms with E-state index in [1.807, 2.05) is 60.4 Å². The van der Waals surface area contributed by atoms with Crippen molar-refractivity contribution in [2.24, 2.45) is 0 Å². The summed E-state index contributed by atoms with van der Waals surface area (Å²) in [6, 6.07) is 17.3. The van der Waals surface area contributed by atoms with Gasteiger partial charge in [-0.1, -0.05) is 18.2 Å². The lowest BCUT2D eigenvalue weighted by atomic mass is 10.1. The summed E-state index contributed by atoms with van der Waals surface area (Å²) in [6.45, 7) is 6.32. The summed E-state index contributed by atoms with van der Waals surface area (Å²) in [4.78, 5) is 27.2. The summed E-state index contributed by atoms with van der Waals surface area (Å²) >= 11 is 0. The molecule has 0 spiro atoms. The molecule has 0 N–H and O–H groups in total. The van der Waals surface area contributed by atoms with Crippen molar-refractivity contribution in [2.75, 3.05) is 33.3 Å². The molecule has 1 amide bonds. The van der Waals surface area contributed by atoms with Gasteiger partial charge in [0, 0.05) is 42.9 Å². The Hall–Kier alpha value is -3.45. The minimum absolute atomic E-state index is 0.0859. The smallest absolute Gasteiger partial charge is 0.254 e. The quantitative estimate of drug-likeness (QED) is 0.492. The summed E-state index contributed by atoms with van der Waals surface area (Å²) in [5, 5.41) is 0. The molecule has 3 aromatic rings. The predicted molar refractivity (Wildman–Crippen MR) is 134 cm³/mol. The molecule has 0 saturated carbocycles. The molecule has 1 atom stereocenters. The van der Waals surface area contributed by atoms with Crippen molar-refractivity contribution in [2.45, 2.75) is 38.6 Å². The molecule has 0 unspecified atom stereocenters. The van der Waals surface area contributed by atoms with Crippen molar-refractivity contribution in [1.82, 2.24) is 19.8 Å². The van der Waals surface area contributed by atoms with Gasteiger partial charge in [-0.05, 0) is 75.2 Å². The van der Waals surface area contributed by atoms with Gasteiger partial charge in [0.25, 0.3) is 5.91 Å². The van der Waals surface area contributed by atoms with Crippen LogP contribution in [0.1, 0.15) is 52.6 Å². The van der Waals surface area contributed by atoms with Crippen molar-refractivity contribution in [1.29, 1.82) is 0 Å². The van der Waals surface area contributed by atoms with Crippen molar-refractivity contribution in [3.63, 3.8) is 0 Å². The number of methoxy groups -OCH3 is 1. The number of hydrogen-bond acceptors (Lipinski definition) is 6. The van der Waals surface area contributed by atoms with Gasteiger partial charge in [-0.2, -0.15) is 4.98 Å². The zero-order chi connectivity index (χ0) is 24.2. The summed E-state index contributed by atoms with van der Waals surface area (Å²) in [6.07, 6.45) is 3.32. The van der Waals surface area contributed by atoms with E-state index in [1.54, 1.807) is 7.11 Å². The number of amides is 1. The Morgan fingerprint density at radius 3 is 2.51 bits per heavy atom. The third kappa shape index (κ3) is 5.46. The molecule has 2 aliphatic heterocycles. The van der Waals surface area contributed by atoms with E-state index in [0.717, 1.165) is 54.4 Å². The second-order valence-electron chi connectivity index (χ2n) is 9.36. The molecule has 1 aromatic heterocycles. The monoisotopic (exact) mass is 472 g/mol. The molecule has 182 valence electrons. The highest BCUT2D eigenvalue weighted by Gasteiger charge is 2.31. The maximum absolute atomic E-state index is 13.5. The van der Waals surface area contributed by atoms with Crippen molar-refractivity contribution >= 4 is 5.91 Å². The van der Waals surface area contributed by atoms with Crippen molar-refractivity contribution < 1.29 is 14.3 Å². The average molecular weight is 473 g/mol. The topological polar surface area (TPSA) is 67.8 Å². The minimum atomic E-state index is 0.0859. The summed E-state index contributed by atoms with van der Waals surface area (Å²) in [5.74, 6) is 2.89. The standard InChI is InChI=1S/C28H32N4O3/c1-20-17-26(35-24-11-9-23(34-2)10-12-24)30-27(29-20)22-13-16-32(19-22)28(33)25-8-4-3-7-21(25)18-31-14-5-6-15-31/h3-4,7-12,17,22H,5-6,13-16,18-19H2,1-2H3/t22-/m1/s1. The van der Waals surface area contributed by atoms with Gasteiger partial charge in [0.15, 0.2) is 0 Å². The SMILES string of the molecule is COc1ccc(Oc2cc(C)nc([C@@H]3CCN(C(=O)c4ccccc4CN4CCCC4)C3)n2)cc1. The number of carbonyl (C=O) groups excluding carboxylic acids is 1. The minimum Gasteiger partial charge on any atom is -0.497 e. The van der Waals surface area contributed by atoms with Gasteiger partial charge in [-0.25, -0.2) is 4.98 Å². The van der Waals surface area contributed by atoms with Crippen LogP contribution in [0, 0.1) is 6.92 Å². The molecule has 0 radical (unpaired) electrons. The zero-order valence-electron chi connectivity index (χ0n) is 20.4. The molecule has 5 rings (SSSR count). The number of ether oxygens (including phenoxy) is 2. The summed E-state index contributed by atoms with van der Waals surface area (Å²) < 4.78 is 11.2. The molecule has 0 bridgehead atoms. The molecule has 35 heavy (non-hydrogen) atoms. The highest BCUT2D eigenvalue weighted by Crippen LogP contribution is 2.30. The van der Waals surface area contributed by atoms with Crippen LogP contribution < -0.4 is 9.47 Å². The molecule has 7 nitrogen and oxygen atoms in total. The summed E-state index contributed by atoms with van der Waals surface area (Å²) in [7, 11) is 1.64. The maximum Gasteiger partial charge on any atom is 0.254 e. The molecule has 2 fully saturated rings. The van der Waals surface area contributed by atoms with Crippen molar-refractivity contribution in [3.05, 3.63) is 77.2 Å². The van der Waals surface area contributed by atoms with Gasteiger partial charge in [0.2, 0.25) is 5.88 Å². The van der Waals surface area contributed by atoms with Crippen LogP contribution in [0.2, 0.25) is 0 Å². The molecule has 0 aliphatic carbocycles. The normalized spacial score (nSPS) is 18.1. The Labute approximate surface area is 206 Å². The third-order valence-electron chi connectivity index (χ3n) is 6.81. The fourth-order valence-corrected chi connectivity index (χ4v) is 4.94. The number of benzene rings is 2. The molecule has 2 aliphatic rings. The first-order valence-corrected chi connectivity index (χ1v) is 12.4. The Bertz CT molecular complexity index is 1180. The van der Waals surface area contributed by atoms with Gasteiger partial charge in [-0.3, -0.25) is 9.69 Å². The lowest BCUT2D eigenvalue weighted by molar-refractivity contribution is 0.0788. The van der Waals surface area contributed by atoms with Crippen LogP contribution in [0.15, 0.2) is 54.6 Å². The van der Waals surface area contributed by atoms with E-state index >= 15 is 0 Å². The molecule has 2 aromatic carbocycles. The van der Waals surface area contributed by atoms with Gasteiger partial charge in [-0.15, -0.1) is 0 Å². The number of rotatable bonds is 7. The van der Waals surface area contributed by atoms with Gasteiger partial charge in [0.1, 0.15) is 17.3 Å². The fourth-order valence-electron chi connectivity index (χ4n) is 4.94. The van der Waals surface area contributed by atoms with Crippen molar-refractivity contribution in [3.8, 4) is 17.4 Å². The number of aryl methyl sites for hydroxylation is 1. The zero-order valence-corrected chi connectivity index (χ0v) is 20.4. The molecule has 2 saturated heterocycles. The largest absolute Gasteiger partial charge is 0.497 e. The van der Waals surface area contributed by atoms with Crippen LogP contribution in [-0.2, 0) is 6.54 Å². The first-order chi connectivity index (χ1) is 17.1. The van der Waals surface area contributed by atoms with E-state index in [1.165, 1.54) is 12.8 Å². The van der Waals surface area contributed by atoms with E-state index in [9.17, 15) is 4.79 Å². The Morgan fingerprint density at radius 2 is 1.74 bits per heavy atom. The van der Waals surface area contributed by atoms with E-state index in [2.05, 4.69) is 16.0 Å². The van der Waals surface area contributed by atoms with Crippen LogP contribution in [-0.4, -0.2) is 59.0 Å². The number of hydrogen-bond donors (Lipinski definition) is 0. The number of aromatic nitrogens is 2. The van der Waals surface area contributed by atoms with E-state index < -0.39 is 0 Å². The lowest BCUT2D eigenvalue weighted by Crippen LogP contribution is -2.30.